The zero-order chi connectivity index (χ0) is 11.7. The number of nitrogens with zero attached hydrogens (tertiary/aromatic N) is 1. The Morgan fingerprint density at radius 3 is 2.00 bits per heavy atom. The second-order valence-electron chi connectivity index (χ2n) is 5.11. The fraction of sp³-hybridized carbons (Fsp3) is 1.00. The van der Waals surface area contributed by atoms with Crippen LogP contribution in [0.25, 0.3) is 0 Å². The number of quaternary nitrogens is 1. The van der Waals surface area contributed by atoms with Gasteiger partial charge in [-0.3, -0.25) is 0 Å². The molecule has 0 bridgehead atoms. The Morgan fingerprint density at radius 1 is 1.00 bits per heavy atom. The van der Waals surface area contributed by atoms with E-state index in [4.69, 9.17) is 0 Å². The van der Waals surface area contributed by atoms with Gasteiger partial charge in [0.25, 0.3) is 0 Å². The Hall–Kier alpha value is 0.600. The summed E-state index contributed by atoms with van der Waals surface area (Å²) in [6, 6.07) is 0. The molecule has 0 N–H and O–H groups in total. The van der Waals surface area contributed by atoms with E-state index in [1.165, 1.54) is 45.1 Å². The van der Waals surface area contributed by atoms with Gasteiger partial charge in [-0.1, -0.05) is 32.6 Å². The topological polar surface area (TPSA) is 0 Å². The summed E-state index contributed by atoms with van der Waals surface area (Å²) in [5, 5.41) is 0.723. The van der Waals surface area contributed by atoms with Crippen LogP contribution in [0.5, 0.6) is 0 Å². The molecule has 1 unspecified atom stereocenters. The van der Waals surface area contributed by atoms with E-state index in [9.17, 15) is 0 Å². The maximum atomic E-state index is 2.35. The van der Waals surface area contributed by atoms with Crippen molar-refractivity contribution >= 4 is 11.8 Å². The standard InChI is InChI=1S/C13H30NS.ClH/c1-6-7-8-9-10-11-12-14(3,4)13(2)15-5;/h13H,6-12H2,1-5H3;1H/q+1;/p-1. The number of unbranched alkanes of at least 4 members (excludes halogenated alkanes) is 5. The molecule has 0 heterocycles. The predicted octanol–water partition coefficient (Wildman–Crippen LogP) is 1.14. The number of hydrogen-bond donors (Lipinski definition) is 0. The molecule has 0 aromatic rings. The van der Waals surface area contributed by atoms with Crippen LogP contribution in [-0.4, -0.2) is 36.8 Å². The molecule has 0 rings (SSSR count). The highest BCUT2D eigenvalue weighted by Gasteiger charge is 2.21. The summed E-state index contributed by atoms with van der Waals surface area (Å²) >= 11 is 1.98. The average molecular weight is 268 g/mol. The van der Waals surface area contributed by atoms with Gasteiger partial charge in [-0.25, -0.2) is 0 Å². The molecule has 3 heteroatoms. The molecule has 0 radical (unpaired) electrons. The first kappa shape index (κ1) is 19.0. The van der Waals surface area contributed by atoms with E-state index in [2.05, 4.69) is 34.2 Å². The molecule has 0 aliphatic carbocycles. The highest BCUT2D eigenvalue weighted by molar-refractivity contribution is 7.99. The van der Waals surface area contributed by atoms with E-state index in [-0.39, 0.29) is 12.4 Å². The lowest BCUT2D eigenvalue weighted by molar-refractivity contribution is -0.898. The molecule has 0 aromatic heterocycles. The summed E-state index contributed by atoms with van der Waals surface area (Å²) in [4.78, 5) is 0. The lowest BCUT2D eigenvalue weighted by Crippen LogP contribution is -3.00. The van der Waals surface area contributed by atoms with Gasteiger partial charge in [-0.05, 0) is 26.0 Å². The van der Waals surface area contributed by atoms with E-state index in [0.29, 0.717) is 0 Å². The van der Waals surface area contributed by atoms with Gasteiger partial charge in [0, 0.05) is 0 Å². The summed E-state index contributed by atoms with van der Waals surface area (Å²) in [7, 11) is 4.71. The summed E-state index contributed by atoms with van der Waals surface area (Å²) in [6.07, 6.45) is 10.7. The van der Waals surface area contributed by atoms with Crippen LogP contribution in [0.1, 0.15) is 52.4 Å². The van der Waals surface area contributed by atoms with Crippen molar-refractivity contribution in [1.82, 2.24) is 0 Å². The summed E-state index contributed by atoms with van der Waals surface area (Å²) < 4.78 is 1.16. The van der Waals surface area contributed by atoms with E-state index in [1.807, 2.05) is 11.8 Å². The molecular weight excluding hydrogens is 238 g/mol. The van der Waals surface area contributed by atoms with Crippen LogP contribution in [0.3, 0.4) is 0 Å². The molecule has 1 atom stereocenters. The molecule has 0 aliphatic rings. The Bertz CT molecular complexity index is 151. The van der Waals surface area contributed by atoms with Crippen LogP contribution < -0.4 is 12.4 Å². The lowest BCUT2D eigenvalue weighted by atomic mass is 10.1. The van der Waals surface area contributed by atoms with Crippen molar-refractivity contribution in [3.05, 3.63) is 0 Å². The second-order valence-corrected chi connectivity index (χ2v) is 6.26. The van der Waals surface area contributed by atoms with Crippen molar-refractivity contribution in [3.63, 3.8) is 0 Å². The molecule has 100 valence electrons. The molecule has 0 aliphatic heterocycles. The largest absolute Gasteiger partial charge is 1.00 e. The summed E-state index contributed by atoms with van der Waals surface area (Å²) in [5.41, 5.74) is 0. The first-order chi connectivity index (χ1) is 7.04. The van der Waals surface area contributed by atoms with E-state index in [1.54, 1.807) is 0 Å². The zero-order valence-corrected chi connectivity index (χ0v) is 13.3. The van der Waals surface area contributed by atoms with Crippen LogP contribution in [-0.2, 0) is 0 Å². The number of halogens is 1. The third-order valence-electron chi connectivity index (χ3n) is 3.41. The van der Waals surface area contributed by atoms with Crippen molar-refractivity contribution in [3.8, 4) is 0 Å². The minimum Gasteiger partial charge on any atom is -1.00 e. The van der Waals surface area contributed by atoms with Crippen LogP contribution in [0.15, 0.2) is 0 Å². The first-order valence-electron chi connectivity index (χ1n) is 6.40. The van der Waals surface area contributed by atoms with Crippen LogP contribution in [0.2, 0.25) is 0 Å². The van der Waals surface area contributed by atoms with Crippen molar-refractivity contribution < 1.29 is 16.9 Å². The van der Waals surface area contributed by atoms with Gasteiger partial charge in [0.2, 0.25) is 0 Å². The van der Waals surface area contributed by atoms with Crippen LogP contribution in [0, 0.1) is 0 Å². The van der Waals surface area contributed by atoms with Crippen LogP contribution in [0.4, 0.5) is 0 Å². The van der Waals surface area contributed by atoms with E-state index >= 15 is 0 Å². The lowest BCUT2D eigenvalue weighted by Gasteiger charge is -2.35. The molecule has 0 saturated carbocycles. The highest BCUT2D eigenvalue weighted by Crippen LogP contribution is 2.18. The molecule has 1 nitrogen and oxygen atoms in total. The summed E-state index contributed by atoms with van der Waals surface area (Å²) in [5.74, 6) is 0. The molecule has 0 amide bonds. The maximum Gasteiger partial charge on any atom is 0.132 e. The molecule has 0 fully saturated rings. The van der Waals surface area contributed by atoms with Crippen molar-refractivity contribution in [2.24, 2.45) is 0 Å². The van der Waals surface area contributed by atoms with Crippen molar-refractivity contribution in [2.75, 3.05) is 26.9 Å². The monoisotopic (exact) mass is 267 g/mol. The Morgan fingerprint density at radius 2 is 1.50 bits per heavy atom. The van der Waals surface area contributed by atoms with Crippen molar-refractivity contribution in [1.29, 1.82) is 0 Å². The predicted molar refractivity (Wildman–Crippen MR) is 73.3 cm³/mol. The van der Waals surface area contributed by atoms with Gasteiger partial charge in [-0.2, -0.15) is 0 Å². The fourth-order valence-corrected chi connectivity index (χ4v) is 2.44. The highest BCUT2D eigenvalue weighted by atomic mass is 35.5. The van der Waals surface area contributed by atoms with E-state index in [0.717, 1.165) is 9.86 Å². The quantitative estimate of drug-likeness (QED) is 0.343. The molecule has 16 heavy (non-hydrogen) atoms. The average Bonchev–Trinajstić information content (AvgIpc) is 2.22. The fourth-order valence-electron chi connectivity index (χ4n) is 1.77. The van der Waals surface area contributed by atoms with Crippen LogP contribution >= 0.6 is 11.8 Å². The zero-order valence-electron chi connectivity index (χ0n) is 11.8. The Balaban J connectivity index is 0. The van der Waals surface area contributed by atoms with Crippen molar-refractivity contribution in [2.45, 2.75) is 57.7 Å². The van der Waals surface area contributed by atoms with E-state index < -0.39 is 0 Å². The van der Waals surface area contributed by atoms with Gasteiger partial charge in [0.1, 0.15) is 5.37 Å². The van der Waals surface area contributed by atoms with Gasteiger partial charge >= 0.3 is 0 Å². The third kappa shape index (κ3) is 8.72. The SMILES string of the molecule is CCCCCCCC[N+](C)(C)C(C)SC.[Cl-]. The van der Waals surface area contributed by atoms with Gasteiger partial charge in [-0.15, -0.1) is 11.8 Å². The maximum absolute atomic E-state index is 2.35. The minimum absolute atomic E-state index is 0. The normalized spacial score (nSPS) is 13.3. The molecule has 0 spiro atoms. The smallest absolute Gasteiger partial charge is 0.132 e. The van der Waals surface area contributed by atoms with Gasteiger partial charge in [0.05, 0.1) is 20.6 Å². The third-order valence-corrected chi connectivity index (χ3v) is 4.67. The second kappa shape index (κ2) is 10.7. The number of rotatable bonds is 9. The van der Waals surface area contributed by atoms with Gasteiger partial charge < -0.3 is 16.9 Å². The van der Waals surface area contributed by atoms with Gasteiger partial charge in [0.15, 0.2) is 0 Å². The Labute approximate surface area is 113 Å². The molecular formula is C13H30ClNS. The number of hydrogen-bond acceptors (Lipinski definition) is 1. The minimum atomic E-state index is 0. The molecule has 0 saturated heterocycles. The molecule has 0 aromatic carbocycles. The first-order valence-corrected chi connectivity index (χ1v) is 7.69. The summed E-state index contributed by atoms with van der Waals surface area (Å²) in [6.45, 7) is 5.94. The Kier molecular flexibility index (Phi) is 12.7. The number of thioether (sulfide) groups is 1.